The first-order chi connectivity index (χ1) is 18.0. The summed E-state index contributed by atoms with van der Waals surface area (Å²) in [6.07, 6.45) is -6.79. The van der Waals surface area contributed by atoms with Gasteiger partial charge in [-0.25, -0.2) is 18.7 Å². The molecule has 1 fully saturated rings. The van der Waals surface area contributed by atoms with Gasteiger partial charge in [0.15, 0.2) is 6.04 Å². The number of nitrogens with one attached hydrogen (secondary N) is 2. The van der Waals surface area contributed by atoms with E-state index in [1.54, 1.807) is 6.92 Å². The number of benzene rings is 1. The summed E-state index contributed by atoms with van der Waals surface area (Å²) in [6, 6.07) is 3.23. The fourth-order valence-corrected chi connectivity index (χ4v) is 5.53. The number of halogens is 5. The van der Waals surface area contributed by atoms with Crippen molar-refractivity contribution >= 4 is 39.0 Å². The number of hydrogen-bond donors (Lipinski definition) is 2. The third-order valence-electron chi connectivity index (χ3n) is 6.58. The quantitative estimate of drug-likeness (QED) is 0.343. The number of pyridine rings is 1. The number of aromatic nitrogens is 2. The SMILES string of the molecule is COC(c1c(Nc2ccc(C(N(C)C(=O)C3CCNCC3)C(F)(F)F)cc2)cnc2sc(C)nc12)C(F)F. The highest BCUT2D eigenvalue weighted by Gasteiger charge is 2.46. The van der Waals surface area contributed by atoms with Crippen LogP contribution in [0.25, 0.3) is 10.3 Å². The van der Waals surface area contributed by atoms with Crippen molar-refractivity contribution in [2.24, 2.45) is 5.92 Å². The number of rotatable bonds is 8. The van der Waals surface area contributed by atoms with Crippen molar-refractivity contribution < 1.29 is 31.5 Å². The number of ether oxygens (including phenoxy) is 1. The second kappa shape index (κ2) is 11.5. The summed E-state index contributed by atoms with van der Waals surface area (Å²) in [7, 11) is 2.34. The fourth-order valence-electron chi connectivity index (χ4n) is 4.75. The summed E-state index contributed by atoms with van der Waals surface area (Å²) >= 11 is 1.25. The van der Waals surface area contributed by atoms with Crippen LogP contribution < -0.4 is 10.6 Å². The number of carbonyl (C=O) groups is 1. The van der Waals surface area contributed by atoms with Gasteiger partial charge in [0.2, 0.25) is 5.91 Å². The normalized spacial score (nSPS) is 16.6. The van der Waals surface area contributed by atoms with E-state index in [1.165, 1.54) is 56.0 Å². The van der Waals surface area contributed by atoms with Crippen LogP contribution in [0.3, 0.4) is 0 Å². The van der Waals surface area contributed by atoms with E-state index in [0.29, 0.717) is 41.5 Å². The number of piperidine rings is 1. The number of alkyl halides is 5. The van der Waals surface area contributed by atoms with Gasteiger partial charge in [0.1, 0.15) is 16.5 Å². The Morgan fingerprint density at radius 2 is 1.87 bits per heavy atom. The molecule has 1 aliphatic rings. The predicted octanol–water partition coefficient (Wildman–Crippen LogP) is 5.76. The van der Waals surface area contributed by atoms with Crippen LogP contribution in [0.2, 0.25) is 0 Å². The van der Waals surface area contributed by atoms with Crippen molar-refractivity contribution in [3.63, 3.8) is 0 Å². The summed E-state index contributed by atoms with van der Waals surface area (Å²) < 4.78 is 75.1. The summed E-state index contributed by atoms with van der Waals surface area (Å²) in [6.45, 7) is 2.90. The molecule has 2 aromatic heterocycles. The van der Waals surface area contributed by atoms with Crippen molar-refractivity contribution in [2.75, 3.05) is 32.6 Å². The van der Waals surface area contributed by atoms with Crippen LogP contribution in [-0.2, 0) is 9.53 Å². The third-order valence-corrected chi connectivity index (χ3v) is 7.46. The van der Waals surface area contributed by atoms with Gasteiger partial charge in [-0.3, -0.25) is 4.79 Å². The zero-order valence-corrected chi connectivity index (χ0v) is 21.8. The van der Waals surface area contributed by atoms with E-state index in [-0.39, 0.29) is 22.3 Å². The zero-order valence-electron chi connectivity index (χ0n) is 21.0. The minimum Gasteiger partial charge on any atom is -0.371 e. The lowest BCUT2D eigenvalue weighted by Gasteiger charge is -2.34. The molecule has 13 heteroatoms. The number of methoxy groups -OCH3 is 1. The molecule has 2 atom stereocenters. The van der Waals surface area contributed by atoms with E-state index < -0.39 is 36.6 Å². The van der Waals surface area contributed by atoms with E-state index in [4.69, 9.17) is 4.74 Å². The van der Waals surface area contributed by atoms with Gasteiger partial charge in [-0.2, -0.15) is 13.2 Å². The predicted molar refractivity (Wildman–Crippen MR) is 135 cm³/mol. The fraction of sp³-hybridized carbons (Fsp3) is 0.480. The molecule has 0 radical (unpaired) electrons. The van der Waals surface area contributed by atoms with Gasteiger partial charge >= 0.3 is 6.18 Å². The highest BCUT2D eigenvalue weighted by Crippen LogP contribution is 2.40. The maximum atomic E-state index is 14.1. The van der Waals surface area contributed by atoms with Crippen molar-refractivity contribution in [3.05, 3.63) is 46.6 Å². The molecule has 0 spiro atoms. The molecular formula is C25H28F5N5O2S. The van der Waals surface area contributed by atoms with Crippen LogP contribution >= 0.6 is 11.3 Å². The molecule has 2 N–H and O–H groups in total. The second-order valence-corrected chi connectivity index (χ2v) is 10.3. The van der Waals surface area contributed by atoms with Crippen LogP contribution in [0.15, 0.2) is 30.5 Å². The lowest BCUT2D eigenvalue weighted by atomic mass is 9.95. The van der Waals surface area contributed by atoms with Gasteiger partial charge in [0.25, 0.3) is 6.43 Å². The Kier molecular flexibility index (Phi) is 8.48. The van der Waals surface area contributed by atoms with E-state index in [9.17, 15) is 26.7 Å². The summed E-state index contributed by atoms with van der Waals surface area (Å²) in [5.74, 6) is -1.01. The zero-order chi connectivity index (χ0) is 27.6. The number of thiazole rings is 1. The van der Waals surface area contributed by atoms with Crippen molar-refractivity contribution in [3.8, 4) is 0 Å². The monoisotopic (exact) mass is 557 g/mol. The molecule has 3 aromatic rings. The molecule has 0 aliphatic carbocycles. The largest absolute Gasteiger partial charge is 0.413 e. The molecular weight excluding hydrogens is 529 g/mol. The standard InChI is InChI=1S/C25H28F5N5O2S/c1-13-33-19-18(20(37-3)22(26)27)17(12-32-23(19)38-13)34-16-6-4-14(5-7-16)21(25(28,29)30)35(2)24(36)15-8-10-31-11-9-15/h4-7,12,15,20-22,31,34H,8-11H2,1-3H3. The topological polar surface area (TPSA) is 79.4 Å². The molecule has 0 bridgehead atoms. The summed E-state index contributed by atoms with van der Waals surface area (Å²) in [5.41, 5.74) is 0.825. The average molecular weight is 558 g/mol. The molecule has 38 heavy (non-hydrogen) atoms. The molecule has 3 heterocycles. The number of aryl methyl sites for hydroxylation is 1. The van der Waals surface area contributed by atoms with Gasteiger partial charge in [-0.15, -0.1) is 0 Å². The van der Waals surface area contributed by atoms with Crippen molar-refractivity contribution in [1.29, 1.82) is 0 Å². The smallest absolute Gasteiger partial charge is 0.371 e. The Labute approximate surface area is 220 Å². The maximum Gasteiger partial charge on any atom is 0.413 e. The Morgan fingerprint density at radius 1 is 1.21 bits per heavy atom. The van der Waals surface area contributed by atoms with Gasteiger partial charge < -0.3 is 20.3 Å². The summed E-state index contributed by atoms with van der Waals surface area (Å²) in [4.78, 5) is 22.7. The van der Waals surface area contributed by atoms with Crippen LogP contribution in [0.5, 0.6) is 0 Å². The molecule has 0 saturated carbocycles. The van der Waals surface area contributed by atoms with Gasteiger partial charge in [-0.1, -0.05) is 23.5 Å². The van der Waals surface area contributed by atoms with Crippen LogP contribution in [-0.4, -0.2) is 60.6 Å². The molecule has 1 amide bonds. The minimum absolute atomic E-state index is 0.112. The van der Waals surface area contributed by atoms with Crippen molar-refractivity contribution in [1.82, 2.24) is 20.2 Å². The van der Waals surface area contributed by atoms with Gasteiger partial charge in [-0.05, 0) is 50.6 Å². The maximum absolute atomic E-state index is 14.1. The Morgan fingerprint density at radius 3 is 2.45 bits per heavy atom. The second-order valence-electron chi connectivity index (χ2n) is 9.13. The van der Waals surface area contributed by atoms with Crippen LogP contribution in [0.1, 0.15) is 41.1 Å². The van der Waals surface area contributed by atoms with Crippen LogP contribution in [0.4, 0.5) is 33.3 Å². The number of hydrogen-bond acceptors (Lipinski definition) is 7. The first kappa shape index (κ1) is 28.1. The third kappa shape index (κ3) is 5.89. The molecule has 4 rings (SSSR count). The number of carbonyl (C=O) groups excluding carboxylic acids is 1. The Balaban J connectivity index is 1.63. The highest BCUT2D eigenvalue weighted by molar-refractivity contribution is 7.18. The molecule has 7 nitrogen and oxygen atoms in total. The van der Waals surface area contributed by atoms with Gasteiger partial charge in [0.05, 0.1) is 16.9 Å². The van der Waals surface area contributed by atoms with Crippen LogP contribution in [0, 0.1) is 12.8 Å². The highest BCUT2D eigenvalue weighted by atomic mass is 32.1. The van der Waals surface area contributed by atoms with E-state index >= 15 is 0 Å². The summed E-state index contributed by atoms with van der Waals surface area (Å²) in [5, 5.41) is 6.71. The first-order valence-electron chi connectivity index (χ1n) is 12.0. The van der Waals surface area contributed by atoms with Gasteiger partial charge in [0, 0.05) is 31.3 Å². The molecule has 206 valence electrons. The minimum atomic E-state index is -4.69. The first-order valence-corrected chi connectivity index (χ1v) is 12.8. The average Bonchev–Trinajstić information content (AvgIpc) is 3.26. The van der Waals surface area contributed by atoms with E-state index in [2.05, 4.69) is 20.6 Å². The Hall–Kier alpha value is -2.90. The molecule has 1 saturated heterocycles. The number of nitrogens with zero attached hydrogens (tertiary/aromatic N) is 3. The van der Waals surface area contributed by atoms with E-state index in [0.717, 1.165) is 4.90 Å². The lowest BCUT2D eigenvalue weighted by molar-refractivity contribution is -0.190. The Bertz CT molecular complexity index is 1260. The molecule has 1 aliphatic heterocycles. The lowest BCUT2D eigenvalue weighted by Crippen LogP contribution is -2.45. The molecule has 2 unspecified atom stereocenters. The molecule has 1 aromatic carbocycles. The van der Waals surface area contributed by atoms with E-state index in [1.807, 2.05) is 0 Å². The van der Waals surface area contributed by atoms with Crippen molar-refractivity contribution in [2.45, 2.75) is 44.5 Å². The number of fused-ring (bicyclic) bond motifs is 1. The number of anilines is 2. The number of amides is 1.